The lowest BCUT2D eigenvalue weighted by Gasteiger charge is -2.19. The van der Waals surface area contributed by atoms with Crippen LogP contribution in [0.2, 0.25) is 0 Å². The van der Waals surface area contributed by atoms with Crippen molar-refractivity contribution < 1.29 is 14.3 Å². The molecule has 0 saturated heterocycles. The van der Waals surface area contributed by atoms with Crippen molar-refractivity contribution in [1.82, 2.24) is 0 Å². The molecule has 0 aliphatic carbocycles. The van der Waals surface area contributed by atoms with Crippen molar-refractivity contribution in [3.63, 3.8) is 0 Å². The van der Waals surface area contributed by atoms with Gasteiger partial charge in [-0.2, -0.15) is 0 Å². The topological polar surface area (TPSA) is 43.4 Å². The number of carbonyl (C=O) groups excluding carboxylic acids is 2. The van der Waals surface area contributed by atoms with Crippen LogP contribution in [0.5, 0.6) is 0 Å². The Morgan fingerprint density at radius 2 is 1.83 bits per heavy atom. The van der Waals surface area contributed by atoms with Crippen LogP contribution < -0.4 is 0 Å². The van der Waals surface area contributed by atoms with Crippen molar-refractivity contribution in [1.29, 1.82) is 0 Å². The maximum atomic E-state index is 11.9. The van der Waals surface area contributed by atoms with Gasteiger partial charge in [0, 0.05) is 17.1 Å². The summed E-state index contributed by atoms with van der Waals surface area (Å²) in [5.74, 6) is 0.110. The number of carbonyl (C=O) groups is 2. The number of Topliss-reactive ketones (excluding diaryl/α,β-unsaturated/α-hetero) is 1. The third-order valence-electron chi connectivity index (χ3n) is 2.73. The maximum Gasteiger partial charge on any atom is 0.318 e. The van der Waals surface area contributed by atoms with E-state index >= 15 is 0 Å². The summed E-state index contributed by atoms with van der Waals surface area (Å²) in [7, 11) is 1.30. The van der Waals surface area contributed by atoms with Crippen molar-refractivity contribution in [3.8, 4) is 0 Å². The molecule has 4 heteroatoms. The van der Waals surface area contributed by atoms with Gasteiger partial charge in [0.2, 0.25) is 0 Å². The fourth-order valence-electron chi connectivity index (χ4n) is 1.46. The molecule has 0 N–H and O–H groups in total. The fraction of sp³-hybridized carbons (Fsp3) is 0.429. The Morgan fingerprint density at radius 3 is 2.39 bits per heavy atom. The average molecular weight is 266 g/mol. The van der Waals surface area contributed by atoms with E-state index in [4.69, 9.17) is 0 Å². The molecular formula is C14H18O3S. The smallest absolute Gasteiger partial charge is 0.318 e. The van der Waals surface area contributed by atoms with Crippen LogP contribution in [0, 0.1) is 5.41 Å². The summed E-state index contributed by atoms with van der Waals surface area (Å²) < 4.78 is 4.63. The van der Waals surface area contributed by atoms with E-state index in [0.717, 1.165) is 4.90 Å². The summed E-state index contributed by atoms with van der Waals surface area (Å²) in [5, 5.41) is 0. The molecule has 0 saturated carbocycles. The molecule has 0 radical (unpaired) electrons. The molecule has 0 unspecified atom stereocenters. The van der Waals surface area contributed by atoms with E-state index in [1.54, 1.807) is 25.6 Å². The third kappa shape index (κ3) is 3.88. The van der Waals surface area contributed by atoms with Crippen LogP contribution in [0.25, 0.3) is 0 Å². The number of benzene rings is 1. The van der Waals surface area contributed by atoms with E-state index in [0.29, 0.717) is 12.2 Å². The van der Waals surface area contributed by atoms with Gasteiger partial charge in [-0.3, -0.25) is 9.59 Å². The lowest BCUT2D eigenvalue weighted by molar-refractivity contribution is -0.155. The molecule has 0 aliphatic rings. The highest BCUT2D eigenvalue weighted by Gasteiger charge is 2.36. The minimum atomic E-state index is -1.05. The Hall–Kier alpha value is -1.29. The van der Waals surface area contributed by atoms with Crippen LogP contribution in [0.1, 0.15) is 20.3 Å². The van der Waals surface area contributed by atoms with E-state index in [-0.39, 0.29) is 5.78 Å². The number of hydrogen-bond acceptors (Lipinski definition) is 4. The first kappa shape index (κ1) is 14.8. The highest BCUT2D eigenvalue weighted by molar-refractivity contribution is 7.99. The summed E-state index contributed by atoms with van der Waals surface area (Å²) in [5.41, 5.74) is -1.05. The summed E-state index contributed by atoms with van der Waals surface area (Å²) >= 11 is 1.61. The molecule has 98 valence electrons. The Kier molecular flexibility index (Phi) is 5.41. The van der Waals surface area contributed by atoms with Crippen molar-refractivity contribution in [3.05, 3.63) is 30.3 Å². The Bertz CT molecular complexity index is 412. The van der Waals surface area contributed by atoms with Gasteiger partial charge in [-0.25, -0.2) is 0 Å². The first-order chi connectivity index (χ1) is 8.48. The van der Waals surface area contributed by atoms with Gasteiger partial charge in [-0.15, -0.1) is 11.8 Å². The second-order valence-electron chi connectivity index (χ2n) is 4.45. The number of thioether (sulfide) groups is 1. The van der Waals surface area contributed by atoms with Crippen molar-refractivity contribution in [2.45, 2.75) is 25.2 Å². The molecule has 1 aromatic rings. The highest BCUT2D eigenvalue weighted by Crippen LogP contribution is 2.24. The zero-order valence-corrected chi connectivity index (χ0v) is 11.8. The minimum absolute atomic E-state index is 0.0854. The van der Waals surface area contributed by atoms with Crippen LogP contribution in [0.4, 0.5) is 0 Å². The van der Waals surface area contributed by atoms with Crippen molar-refractivity contribution in [2.75, 3.05) is 12.9 Å². The molecule has 0 heterocycles. The molecule has 0 spiro atoms. The highest BCUT2D eigenvalue weighted by atomic mass is 32.2. The zero-order chi connectivity index (χ0) is 13.6. The lowest BCUT2D eigenvalue weighted by Crippen LogP contribution is -2.34. The predicted octanol–water partition coefficient (Wildman–Crippen LogP) is 2.94. The molecule has 3 nitrogen and oxygen atoms in total. The summed E-state index contributed by atoms with van der Waals surface area (Å²) in [6.07, 6.45) is 0.363. The van der Waals surface area contributed by atoms with Gasteiger partial charge in [0.15, 0.2) is 0 Å². The third-order valence-corrected chi connectivity index (χ3v) is 3.75. The molecule has 18 heavy (non-hydrogen) atoms. The van der Waals surface area contributed by atoms with Crippen LogP contribution >= 0.6 is 11.8 Å². The quantitative estimate of drug-likeness (QED) is 0.451. The lowest BCUT2D eigenvalue weighted by atomic mass is 9.87. The first-order valence-electron chi connectivity index (χ1n) is 5.78. The zero-order valence-electron chi connectivity index (χ0n) is 10.9. The van der Waals surface area contributed by atoms with Gasteiger partial charge in [-0.05, 0) is 26.0 Å². The SMILES string of the molecule is COC(=O)C(C)(C)C(=O)CCSc1ccccc1. The Balaban J connectivity index is 2.44. The largest absolute Gasteiger partial charge is 0.468 e. The van der Waals surface area contributed by atoms with E-state index in [1.807, 2.05) is 30.3 Å². The molecule has 0 amide bonds. The monoisotopic (exact) mass is 266 g/mol. The normalized spacial score (nSPS) is 11.1. The Labute approximate surface area is 112 Å². The van der Waals surface area contributed by atoms with Gasteiger partial charge in [0.05, 0.1) is 7.11 Å². The van der Waals surface area contributed by atoms with Crippen LogP contribution in [0.3, 0.4) is 0 Å². The van der Waals surface area contributed by atoms with Gasteiger partial charge in [0.25, 0.3) is 0 Å². The van der Waals surface area contributed by atoms with Crippen LogP contribution in [0.15, 0.2) is 35.2 Å². The van der Waals surface area contributed by atoms with Gasteiger partial charge < -0.3 is 4.74 Å². The summed E-state index contributed by atoms with van der Waals surface area (Å²) in [6.45, 7) is 3.21. The summed E-state index contributed by atoms with van der Waals surface area (Å²) in [6, 6.07) is 9.88. The van der Waals surface area contributed by atoms with E-state index in [1.165, 1.54) is 7.11 Å². The molecule has 1 aromatic carbocycles. The number of hydrogen-bond donors (Lipinski definition) is 0. The van der Waals surface area contributed by atoms with Crippen molar-refractivity contribution >= 4 is 23.5 Å². The van der Waals surface area contributed by atoms with Gasteiger partial charge >= 0.3 is 5.97 Å². The van der Waals surface area contributed by atoms with Gasteiger partial charge in [-0.1, -0.05) is 18.2 Å². The minimum Gasteiger partial charge on any atom is -0.468 e. The molecule has 0 bridgehead atoms. The van der Waals surface area contributed by atoms with Crippen molar-refractivity contribution in [2.24, 2.45) is 5.41 Å². The van der Waals surface area contributed by atoms with Crippen LogP contribution in [-0.4, -0.2) is 24.6 Å². The van der Waals surface area contributed by atoms with E-state index < -0.39 is 11.4 Å². The number of ketones is 1. The molecular weight excluding hydrogens is 248 g/mol. The fourth-order valence-corrected chi connectivity index (χ4v) is 2.33. The standard InChI is InChI=1S/C14H18O3S/c1-14(2,13(16)17-3)12(15)9-10-18-11-7-5-4-6-8-11/h4-8H,9-10H2,1-3H3. The number of methoxy groups -OCH3 is 1. The average Bonchev–Trinajstić information content (AvgIpc) is 2.38. The predicted molar refractivity (Wildman–Crippen MR) is 72.6 cm³/mol. The molecule has 0 aromatic heterocycles. The number of ether oxygens (including phenoxy) is 1. The summed E-state index contributed by atoms with van der Waals surface area (Å²) in [4.78, 5) is 24.5. The maximum absolute atomic E-state index is 11.9. The number of esters is 1. The number of rotatable bonds is 6. The second kappa shape index (κ2) is 6.59. The van der Waals surface area contributed by atoms with Crippen LogP contribution in [-0.2, 0) is 14.3 Å². The Morgan fingerprint density at radius 1 is 1.22 bits per heavy atom. The second-order valence-corrected chi connectivity index (χ2v) is 5.62. The molecule has 1 rings (SSSR count). The molecule has 0 atom stereocenters. The molecule has 0 fully saturated rings. The first-order valence-corrected chi connectivity index (χ1v) is 6.76. The van der Waals surface area contributed by atoms with E-state index in [9.17, 15) is 9.59 Å². The van der Waals surface area contributed by atoms with E-state index in [2.05, 4.69) is 4.74 Å². The molecule has 0 aliphatic heterocycles. The van der Waals surface area contributed by atoms with Gasteiger partial charge in [0.1, 0.15) is 11.2 Å².